The largest absolute Gasteiger partial charge is 0.463 e. The second kappa shape index (κ2) is 7.09. The summed E-state index contributed by atoms with van der Waals surface area (Å²) < 4.78 is 46.3. The summed E-state index contributed by atoms with van der Waals surface area (Å²) in [4.78, 5) is 16.6. The highest BCUT2D eigenvalue weighted by Crippen LogP contribution is 2.33. The van der Waals surface area contributed by atoms with Crippen LogP contribution in [0.25, 0.3) is 17.1 Å². The lowest BCUT2D eigenvalue weighted by atomic mass is 10.2. The Balaban J connectivity index is 1.78. The molecule has 1 N–H and O–H groups in total. The van der Waals surface area contributed by atoms with E-state index in [1.807, 2.05) is 0 Å². The van der Waals surface area contributed by atoms with Gasteiger partial charge in [-0.15, -0.1) is 0 Å². The first-order valence-electron chi connectivity index (χ1n) is 8.01. The lowest BCUT2D eigenvalue weighted by Crippen LogP contribution is -2.16. The third-order valence-electron chi connectivity index (χ3n) is 3.92. The third-order valence-corrected chi connectivity index (χ3v) is 4.74. The zero-order valence-electron chi connectivity index (χ0n) is 14.2. The van der Waals surface area contributed by atoms with Gasteiger partial charge in [0.25, 0.3) is 5.91 Å². The van der Waals surface area contributed by atoms with E-state index in [9.17, 15) is 18.0 Å². The highest BCUT2D eigenvalue weighted by atomic mass is 35.5. The van der Waals surface area contributed by atoms with Crippen LogP contribution in [0.3, 0.4) is 0 Å². The molecular formula is C18H9Cl2F3N4O2. The summed E-state index contributed by atoms with van der Waals surface area (Å²) in [5, 5.41) is 6.54. The van der Waals surface area contributed by atoms with Gasteiger partial charge in [0.15, 0.2) is 22.8 Å². The van der Waals surface area contributed by atoms with E-state index in [1.54, 1.807) is 6.07 Å². The average molecular weight is 441 g/mol. The van der Waals surface area contributed by atoms with E-state index in [0.29, 0.717) is 4.52 Å². The van der Waals surface area contributed by atoms with Crippen LogP contribution < -0.4 is 5.32 Å². The molecule has 6 nitrogen and oxygen atoms in total. The molecule has 0 radical (unpaired) electrons. The van der Waals surface area contributed by atoms with Gasteiger partial charge >= 0.3 is 6.18 Å². The molecule has 0 aliphatic carbocycles. The van der Waals surface area contributed by atoms with Crippen molar-refractivity contribution >= 4 is 40.4 Å². The lowest BCUT2D eigenvalue weighted by molar-refractivity contribution is -0.142. The number of rotatable bonds is 3. The molecule has 0 aliphatic heterocycles. The number of fused-ring (bicyclic) bond motifs is 1. The number of furan rings is 1. The van der Waals surface area contributed by atoms with Crippen molar-refractivity contribution in [1.29, 1.82) is 0 Å². The molecule has 0 spiro atoms. The Morgan fingerprint density at radius 3 is 2.62 bits per heavy atom. The highest BCUT2D eigenvalue weighted by Gasteiger charge is 2.36. The van der Waals surface area contributed by atoms with Crippen molar-refractivity contribution < 1.29 is 22.4 Å². The second-order valence-corrected chi connectivity index (χ2v) is 6.64. The van der Waals surface area contributed by atoms with Gasteiger partial charge in [-0.1, -0.05) is 29.3 Å². The Morgan fingerprint density at radius 2 is 1.93 bits per heavy atom. The van der Waals surface area contributed by atoms with Crippen molar-refractivity contribution in [2.45, 2.75) is 6.18 Å². The Morgan fingerprint density at radius 1 is 1.14 bits per heavy atom. The van der Waals surface area contributed by atoms with E-state index in [2.05, 4.69) is 15.4 Å². The average Bonchev–Trinajstić information content (AvgIpc) is 3.33. The first-order chi connectivity index (χ1) is 13.7. The van der Waals surface area contributed by atoms with Crippen LogP contribution in [-0.4, -0.2) is 20.5 Å². The summed E-state index contributed by atoms with van der Waals surface area (Å²) in [6, 6.07) is 9.52. The molecule has 4 aromatic rings. The van der Waals surface area contributed by atoms with Gasteiger partial charge in [-0.3, -0.25) is 4.79 Å². The van der Waals surface area contributed by atoms with Crippen LogP contribution >= 0.6 is 23.2 Å². The van der Waals surface area contributed by atoms with Gasteiger partial charge in [0, 0.05) is 6.07 Å². The predicted molar refractivity (Wildman–Crippen MR) is 100 cm³/mol. The quantitative estimate of drug-likeness (QED) is 0.452. The molecule has 0 saturated carbocycles. The number of aromatic nitrogens is 3. The Kier molecular flexibility index (Phi) is 4.71. The van der Waals surface area contributed by atoms with Gasteiger partial charge in [0.2, 0.25) is 0 Å². The fraction of sp³-hybridized carbons (Fsp3) is 0.0556. The Bertz CT molecular complexity index is 1220. The van der Waals surface area contributed by atoms with Crippen LogP contribution in [0.2, 0.25) is 10.0 Å². The molecule has 0 fully saturated rings. The van der Waals surface area contributed by atoms with Gasteiger partial charge in [0.05, 0.1) is 22.0 Å². The zero-order chi connectivity index (χ0) is 20.8. The topological polar surface area (TPSA) is 72.4 Å². The molecule has 4 rings (SSSR count). The number of alkyl halides is 3. The van der Waals surface area contributed by atoms with Gasteiger partial charge in [0.1, 0.15) is 5.69 Å². The fourth-order valence-corrected chi connectivity index (χ4v) is 2.97. The van der Waals surface area contributed by atoms with Crippen LogP contribution in [0.4, 0.5) is 18.9 Å². The van der Waals surface area contributed by atoms with Gasteiger partial charge in [-0.25, -0.2) is 9.50 Å². The summed E-state index contributed by atoms with van der Waals surface area (Å²) in [6.07, 6.45) is -3.42. The van der Waals surface area contributed by atoms with Crippen molar-refractivity contribution in [2.24, 2.45) is 0 Å². The number of carbonyl (C=O) groups is 1. The first kappa shape index (κ1) is 19.3. The molecule has 29 heavy (non-hydrogen) atoms. The summed E-state index contributed by atoms with van der Waals surface area (Å²) in [7, 11) is 0. The van der Waals surface area contributed by atoms with E-state index in [4.69, 9.17) is 27.6 Å². The smallest absolute Gasteiger partial charge is 0.433 e. The maximum absolute atomic E-state index is 13.5. The fourth-order valence-electron chi connectivity index (χ4n) is 2.62. The van der Waals surface area contributed by atoms with E-state index >= 15 is 0 Å². The molecule has 1 aromatic carbocycles. The van der Waals surface area contributed by atoms with Crippen LogP contribution in [0.15, 0.2) is 53.1 Å². The number of hydrogen-bond acceptors (Lipinski definition) is 4. The molecule has 0 bridgehead atoms. The normalized spacial score (nSPS) is 11.8. The molecule has 1 amide bonds. The van der Waals surface area contributed by atoms with Crippen LogP contribution in [0.1, 0.15) is 16.2 Å². The number of nitrogens with zero attached hydrogens (tertiary/aromatic N) is 3. The van der Waals surface area contributed by atoms with Crippen molar-refractivity contribution in [1.82, 2.24) is 14.6 Å². The van der Waals surface area contributed by atoms with E-state index < -0.39 is 17.8 Å². The summed E-state index contributed by atoms with van der Waals surface area (Å²) >= 11 is 11.9. The number of amides is 1. The molecule has 3 aromatic heterocycles. The minimum absolute atomic E-state index is 0.0421. The van der Waals surface area contributed by atoms with Gasteiger partial charge < -0.3 is 9.73 Å². The first-order valence-corrected chi connectivity index (χ1v) is 8.77. The van der Waals surface area contributed by atoms with Crippen LogP contribution in [0, 0.1) is 0 Å². The highest BCUT2D eigenvalue weighted by molar-refractivity contribution is 6.44. The minimum Gasteiger partial charge on any atom is -0.463 e. The van der Waals surface area contributed by atoms with Gasteiger partial charge in [-0.05, 0) is 30.3 Å². The monoisotopic (exact) mass is 440 g/mol. The summed E-state index contributed by atoms with van der Waals surface area (Å²) in [5.41, 5.74) is -1.40. The summed E-state index contributed by atoms with van der Waals surface area (Å²) in [5.74, 6) is -0.622. The van der Waals surface area contributed by atoms with Crippen LogP contribution in [-0.2, 0) is 6.18 Å². The molecule has 0 atom stereocenters. The van der Waals surface area contributed by atoms with E-state index in [1.165, 1.54) is 30.5 Å². The van der Waals surface area contributed by atoms with Crippen molar-refractivity contribution in [3.8, 4) is 11.5 Å². The van der Waals surface area contributed by atoms with Crippen molar-refractivity contribution in [3.05, 3.63) is 70.2 Å². The zero-order valence-corrected chi connectivity index (χ0v) is 15.7. The molecule has 148 valence electrons. The summed E-state index contributed by atoms with van der Waals surface area (Å²) in [6.45, 7) is 0. The Labute approximate surface area is 170 Å². The molecule has 0 saturated heterocycles. The molecule has 0 aliphatic rings. The Hall–Kier alpha value is -3.04. The molecule has 0 unspecified atom stereocenters. The third kappa shape index (κ3) is 3.66. The standard InChI is InChI=1S/C18H9Cl2F3N4O2/c19-9-3-1-4-10(16(9)20)25-17(28)12-8-15-24-11(13-5-2-6-29-13)7-14(18(21,22)23)27(15)26-12/h1-8H,(H,25,28). The predicted octanol–water partition coefficient (Wildman–Crippen LogP) is 5.57. The molecular weight excluding hydrogens is 432 g/mol. The minimum atomic E-state index is -4.74. The number of carbonyl (C=O) groups excluding carboxylic acids is 1. The van der Waals surface area contributed by atoms with Gasteiger partial charge in [-0.2, -0.15) is 18.3 Å². The van der Waals surface area contributed by atoms with E-state index in [-0.39, 0.29) is 38.5 Å². The van der Waals surface area contributed by atoms with E-state index in [0.717, 1.165) is 12.1 Å². The number of benzene rings is 1. The maximum Gasteiger partial charge on any atom is 0.433 e. The van der Waals surface area contributed by atoms with Crippen molar-refractivity contribution in [2.75, 3.05) is 5.32 Å². The second-order valence-electron chi connectivity index (χ2n) is 5.86. The number of halogens is 5. The lowest BCUT2D eigenvalue weighted by Gasteiger charge is -2.10. The number of hydrogen-bond donors (Lipinski definition) is 1. The number of anilines is 1. The number of nitrogens with one attached hydrogen (secondary N) is 1. The maximum atomic E-state index is 13.5. The van der Waals surface area contributed by atoms with Crippen molar-refractivity contribution in [3.63, 3.8) is 0 Å². The van der Waals surface area contributed by atoms with Crippen LogP contribution in [0.5, 0.6) is 0 Å². The molecule has 11 heteroatoms. The SMILES string of the molecule is O=C(Nc1cccc(Cl)c1Cl)c1cc2nc(-c3ccco3)cc(C(F)(F)F)n2n1. The molecule has 3 heterocycles.